The summed E-state index contributed by atoms with van der Waals surface area (Å²) < 4.78 is 6.12. The van der Waals surface area contributed by atoms with E-state index in [0.717, 1.165) is 15.6 Å². The van der Waals surface area contributed by atoms with E-state index < -0.39 is 0 Å². The van der Waals surface area contributed by atoms with Crippen molar-refractivity contribution in [2.45, 2.75) is 6.61 Å². The van der Waals surface area contributed by atoms with Gasteiger partial charge in [-0.25, -0.2) is 4.79 Å². The number of hydrogen-bond donors (Lipinski definition) is 1. The Morgan fingerprint density at radius 3 is 2.75 bits per heavy atom. The van der Waals surface area contributed by atoms with Crippen LogP contribution >= 0.6 is 15.9 Å². The second-order valence-electron chi connectivity index (χ2n) is 4.24. The predicted molar refractivity (Wildman–Crippen MR) is 83.8 cm³/mol. The van der Waals surface area contributed by atoms with Gasteiger partial charge in [0, 0.05) is 16.2 Å². The molecule has 0 heterocycles. The first-order valence-corrected chi connectivity index (χ1v) is 6.87. The van der Waals surface area contributed by atoms with Crippen molar-refractivity contribution in [1.29, 1.82) is 0 Å². The van der Waals surface area contributed by atoms with E-state index >= 15 is 0 Å². The summed E-state index contributed by atoms with van der Waals surface area (Å²) >= 11 is 3.37. The van der Waals surface area contributed by atoms with Crippen LogP contribution < -0.4 is 5.73 Å². The lowest BCUT2D eigenvalue weighted by Gasteiger charge is -2.02. The number of ether oxygens (including phenoxy) is 1. The first-order chi connectivity index (χ1) is 9.63. The summed E-state index contributed by atoms with van der Waals surface area (Å²) in [5, 5.41) is 0. The van der Waals surface area contributed by atoms with E-state index in [1.807, 2.05) is 36.4 Å². The average Bonchev–Trinajstić information content (AvgIpc) is 2.43. The minimum absolute atomic E-state index is 0.250. The normalized spacial score (nSPS) is 10.7. The number of nitrogens with two attached hydrogens (primary N) is 1. The molecule has 0 saturated heterocycles. The Balaban J connectivity index is 1.89. The molecule has 0 atom stereocenters. The summed E-state index contributed by atoms with van der Waals surface area (Å²) in [5.74, 6) is -0.382. The molecule has 0 aliphatic rings. The van der Waals surface area contributed by atoms with Gasteiger partial charge in [-0.1, -0.05) is 40.2 Å². The highest BCUT2D eigenvalue weighted by atomic mass is 79.9. The van der Waals surface area contributed by atoms with Crippen molar-refractivity contribution in [2.24, 2.45) is 0 Å². The zero-order valence-corrected chi connectivity index (χ0v) is 12.3. The third-order valence-corrected chi connectivity index (χ3v) is 3.09. The van der Waals surface area contributed by atoms with Gasteiger partial charge >= 0.3 is 5.97 Å². The first kappa shape index (κ1) is 14.3. The van der Waals surface area contributed by atoms with Crippen LogP contribution in [0.4, 0.5) is 5.69 Å². The SMILES string of the molecule is Nc1cccc(/C=C/C(=O)OCc2cccc(Br)c2)c1. The Bertz CT molecular complexity index is 638. The van der Waals surface area contributed by atoms with Gasteiger partial charge in [0.1, 0.15) is 6.61 Å². The summed E-state index contributed by atoms with van der Waals surface area (Å²) in [6.07, 6.45) is 3.08. The molecule has 0 aliphatic heterocycles. The maximum absolute atomic E-state index is 11.6. The third-order valence-electron chi connectivity index (χ3n) is 2.59. The Kier molecular flexibility index (Phi) is 4.96. The molecule has 4 heteroatoms. The van der Waals surface area contributed by atoms with E-state index in [-0.39, 0.29) is 12.6 Å². The van der Waals surface area contributed by atoms with Crippen molar-refractivity contribution >= 4 is 33.7 Å². The van der Waals surface area contributed by atoms with Gasteiger partial charge in [-0.05, 0) is 41.5 Å². The Labute approximate surface area is 126 Å². The number of rotatable bonds is 4. The average molecular weight is 332 g/mol. The van der Waals surface area contributed by atoms with Gasteiger partial charge in [-0.2, -0.15) is 0 Å². The van der Waals surface area contributed by atoms with Gasteiger partial charge in [-0.15, -0.1) is 0 Å². The summed E-state index contributed by atoms with van der Waals surface area (Å²) in [7, 11) is 0. The van der Waals surface area contributed by atoms with Crippen LogP contribution in [0.25, 0.3) is 6.08 Å². The summed E-state index contributed by atoms with van der Waals surface area (Å²) in [4.78, 5) is 11.6. The molecule has 2 N–H and O–H groups in total. The largest absolute Gasteiger partial charge is 0.458 e. The molecule has 2 aromatic rings. The second-order valence-corrected chi connectivity index (χ2v) is 5.16. The van der Waals surface area contributed by atoms with Crippen molar-refractivity contribution < 1.29 is 9.53 Å². The van der Waals surface area contributed by atoms with Crippen molar-refractivity contribution in [3.63, 3.8) is 0 Å². The number of anilines is 1. The minimum atomic E-state index is -0.382. The molecular formula is C16H14BrNO2. The van der Waals surface area contributed by atoms with E-state index in [9.17, 15) is 4.79 Å². The maximum atomic E-state index is 11.6. The van der Waals surface area contributed by atoms with E-state index in [1.54, 1.807) is 18.2 Å². The maximum Gasteiger partial charge on any atom is 0.331 e. The molecule has 0 saturated carbocycles. The molecule has 0 fully saturated rings. The number of benzene rings is 2. The molecule has 0 bridgehead atoms. The van der Waals surface area contributed by atoms with Crippen LogP contribution in [0.3, 0.4) is 0 Å². The highest BCUT2D eigenvalue weighted by Gasteiger charge is 1.99. The molecule has 0 spiro atoms. The van der Waals surface area contributed by atoms with Crippen LogP contribution in [-0.2, 0) is 16.1 Å². The fourth-order valence-corrected chi connectivity index (χ4v) is 2.10. The topological polar surface area (TPSA) is 52.3 Å². The van der Waals surface area contributed by atoms with Gasteiger partial charge < -0.3 is 10.5 Å². The molecule has 0 amide bonds. The number of carbonyl (C=O) groups excluding carboxylic acids is 1. The molecule has 0 unspecified atom stereocenters. The Hall–Kier alpha value is -2.07. The smallest absolute Gasteiger partial charge is 0.331 e. The van der Waals surface area contributed by atoms with Crippen molar-refractivity contribution in [3.8, 4) is 0 Å². The van der Waals surface area contributed by atoms with Gasteiger partial charge in [0.05, 0.1) is 0 Å². The van der Waals surface area contributed by atoms with E-state index in [0.29, 0.717) is 5.69 Å². The van der Waals surface area contributed by atoms with E-state index in [2.05, 4.69) is 15.9 Å². The molecule has 0 aliphatic carbocycles. The van der Waals surface area contributed by atoms with Gasteiger partial charge in [0.25, 0.3) is 0 Å². The number of esters is 1. The van der Waals surface area contributed by atoms with Gasteiger partial charge in [-0.3, -0.25) is 0 Å². The van der Waals surface area contributed by atoms with Crippen molar-refractivity contribution in [3.05, 3.63) is 70.2 Å². The molecule has 2 aromatic carbocycles. The zero-order chi connectivity index (χ0) is 14.4. The number of nitrogen functional groups attached to an aromatic ring is 1. The third kappa shape index (κ3) is 4.55. The standard InChI is InChI=1S/C16H14BrNO2/c17-14-5-1-4-13(9-14)11-20-16(19)8-7-12-3-2-6-15(18)10-12/h1-10H,11,18H2/b8-7+. The molecule has 0 aromatic heterocycles. The quantitative estimate of drug-likeness (QED) is 0.526. The summed E-state index contributed by atoms with van der Waals surface area (Å²) in [6, 6.07) is 14.9. The lowest BCUT2D eigenvalue weighted by Crippen LogP contribution is -2.00. The lowest BCUT2D eigenvalue weighted by molar-refractivity contribution is -0.138. The van der Waals surface area contributed by atoms with Crippen LogP contribution in [0.15, 0.2) is 59.1 Å². The molecular weight excluding hydrogens is 318 g/mol. The summed E-state index contributed by atoms with van der Waals surface area (Å²) in [5.41, 5.74) is 8.12. The van der Waals surface area contributed by atoms with Crippen LogP contribution in [0.5, 0.6) is 0 Å². The predicted octanol–water partition coefficient (Wildman–Crippen LogP) is 3.79. The Morgan fingerprint density at radius 2 is 2.00 bits per heavy atom. The lowest BCUT2D eigenvalue weighted by atomic mass is 10.2. The fourth-order valence-electron chi connectivity index (χ4n) is 1.66. The van der Waals surface area contributed by atoms with E-state index in [1.165, 1.54) is 6.08 Å². The highest BCUT2D eigenvalue weighted by molar-refractivity contribution is 9.10. The van der Waals surface area contributed by atoms with Crippen LogP contribution in [0, 0.1) is 0 Å². The second kappa shape index (κ2) is 6.91. The van der Waals surface area contributed by atoms with Crippen LogP contribution in [0.1, 0.15) is 11.1 Å². The first-order valence-electron chi connectivity index (χ1n) is 6.08. The zero-order valence-electron chi connectivity index (χ0n) is 10.8. The molecule has 20 heavy (non-hydrogen) atoms. The van der Waals surface area contributed by atoms with Crippen molar-refractivity contribution in [2.75, 3.05) is 5.73 Å². The summed E-state index contributed by atoms with van der Waals surface area (Å²) in [6.45, 7) is 0.250. The highest BCUT2D eigenvalue weighted by Crippen LogP contribution is 2.13. The monoisotopic (exact) mass is 331 g/mol. The molecule has 102 valence electrons. The van der Waals surface area contributed by atoms with Crippen LogP contribution in [-0.4, -0.2) is 5.97 Å². The van der Waals surface area contributed by atoms with Crippen molar-refractivity contribution in [1.82, 2.24) is 0 Å². The van der Waals surface area contributed by atoms with Crippen LogP contribution in [0.2, 0.25) is 0 Å². The number of halogens is 1. The minimum Gasteiger partial charge on any atom is -0.458 e. The molecule has 3 nitrogen and oxygen atoms in total. The Morgan fingerprint density at radius 1 is 1.20 bits per heavy atom. The van der Waals surface area contributed by atoms with Gasteiger partial charge in [0.2, 0.25) is 0 Å². The van der Waals surface area contributed by atoms with E-state index in [4.69, 9.17) is 10.5 Å². The van der Waals surface area contributed by atoms with Gasteiger partial charge in [0.15, 0.2) is 0 Å². The number of hydrogen-bond acceptors (Lipinski definition) is 3. The molecule has 2 rings (SSSR count). The molecule has 0 radical (unpaired) electrons. The number of carbonyl (C=O) groups is 1. The fraction of sp³-hybridized carbons (Fsp3) is 0.0625.